The Morgan fingerprint density at radius 1 is 0.231 bits per heavy atom. The van der Waals surface area contributed by atoms with Crippen molar-refractivity contribution in [2.24, 2.45) is 0 Å². The normalized spacial score (nSPS) is 10.8. The predicted molar refractivity (Wildman–Crippen MR) is 220 cm³/mol. The zero-order valence-corrected chi connectivity index (χ0v) is 29.1. The predicted octanol–water partition coefficient (Wildman–Crippen LogP) is 13.5. The number of anilines is 6. The Kier molecular flexibility index (Phi) is 9.70. The molecule has 0 aliphatic rings. The molecular formula is C50H40N2. The van der Waals surface area contributed by atoms with Crippen LogP contribution in [0, 0.1) is 0 Å². The smallest absolute Gasteiger partial charge is 0.0464 e. The van der Waals surface area contributed by atoms with E-state index in [1.165, 1.54) is 33.4 Å². The number of hydrogen-bond acceptors (Lipinski definition) is 2. The van der Waals surface area contributed by atoms with Gasteiger partial charge in [-0.2, -0.15) is 0 Å². The lowest BCUT2D eigenvalue weighted by Gasteiger charge is -2.26. The van der Waals surface area contributed by atoms with E-state index in [-0.39, 0.29) is 0 Å². The highest BCUT2D eigenvalue weighted by Gasteiger charge is 2.15. The maximum absolute atomic E-state index is 2.34. The van der Waals surface area contributed by atoms with Crippen LogP contribution in [0.3, 0.4) is 0 Å². The maximum atomic E-state index is 2.34. The lowest BCUT2D eigenvalue weighted by atomic mass is 10.0. The van der Waals surface area contributed by atoms with Crippen LogP contribution in [0.4, 0.5) is 34.1 Å². The van der Waals surface area contributed by atoms with Crippen molar-refractivity contribution in [2.75, 3.05) is 9.80 Å². The van der Waals surface area contributed by atoms with Gasteiger partial charge in [-0.25, -0.2) is 0 Å². The van der Waals surface area contributed by atoms with Crippen molar-refractivity contribution in [3.05, 3.63) is 241 Å². The third-order valence-corrected chi connectivity index (χ3v) is 9.45. The van der Waals surface area contributed by atoms with Crippen molar-refractivity contribution in [1.82, 2.24) is 0 Å². The fourth-order valence-electron chi connectivity index (χ4n) is 6.93. The average molecular weight is 669 g/mol. The first-order valence-electron chi connectivity index (χ1n) is 17.9. The van der Waals surface area contributed by atoms with Gasteiger partial charge in [-0.3, -0.25) is 0 Å². The average Bonchev–Trinajstić information content (AvgIpc) is 3.21. The molecule has 8 rings (SSSR count). The molecule has 8 aromatic carbocycles. The van der Waals surface area contributed by atoms with Gasteiger partial charge in [0.05, 0.1) is 0 Å². The molecule has 250 valence electrons. The lowest BCUT2D eigenvalue weighted by Crippen LogP contribution is -2.10. The minimum atomic E-state index is 0.896. The molecule has 0 aliphatic carbocycles. The molecule has 0 unspecified atom stereocenters. The summed E-state index contributed by atoms with van der Waals surface area (Å²) in [7, 11) is 0. The summed E-state index contributed by atoms with van der Waals surface area (Å²) in [4.78, 5) is 4.68. The van der Waals surface area contributed by atoms with Crippen LogP contribution >= 0.6 is 0 Å². The van der Waals surface area contributed by atoms with E-state index in [4.69, 9.17) is 0 Å². The van der Waals surface area contributed by atoms with Gasteiger partial charge in [0.15, 0.2) is 0 Å². The largest absolute Gasteiger partial charge is 0.310 e. The van der Waals surface area contributed by atoms with Crippen LogP contribution in [0.15, 0.2) is 218 Å². The van der Waals surface area contributed by atoms with Crippen LogP contribution in [-0.2, 0) is 12.8 Å². The van der Waals surface area contributed by atoms with E-state index < -0.39 is 0 Å². The molecule has 0 bridgehead atoms. The van der Waals surface area contributed by atoms with Crippen LogP contribution in [0.5, 0.6) is 0 Å². The summed E-state index contributed by atoms with van der Waals surface area (Å²) in [5, 5.41) is 0. The molecule has 0 atom stereocenters. The fourth-order valence-corrected chi connectivity index (χ4v) is 6.93. The first-order chi connectivity index (χ1) is 25.8. The van der Waals surface area contributed by atoms with Gasteiger partial charge in [-0.15, -0.1) is 0 Å². The van der Waals surface area contributed by atoms with Crippen LogP contribution in [0.25, 0.3) is 11.1 Å². The summed E-state index contributed by atoms with van der Waals surface area (Å²) >= 11 is 0. The van der Waals surface area contributed by atoms with Crippen molar-refractivity contribution in [3.8, 4) is 11.1 Å². The number of benzene rings is 8. The topological polar surface area (TPSA) is 6.48 Å². The summed E-state index contributed by atoms with van der Waals surface area (Å²) in [5.74, 6) is 0. The number of rotatable bonds is 11. The maximum Gasteiger partial charge on any atom is 0.0464 e. The molecule has 0 radical (unpaired) electrons. The summed E-state index contributed by atoms with van der Waals surface area (Å²) in [5.41, 5.74) is 14.3. The van der Waals surface area contributed by atoms with Crippen molar-refractivity contribution < 1.29 is 0 Å². The van der Waals surface area contributed by atoms with Crippen molar-refractivity contribution in [3.63, 3.8) is 0 Å². The molecule has 0 saturated heterocycles. The van der Waals surface area contributed by atoms with Crippen LogP contribution in [0.2, 0.25) is 0 Å². The summed E-state index contributed by atoms with van der Waals surface area (Å²) in [6, 6.07) is 78.2. The first-order valence-corrected chi connectivity index (χ1v) is 17.9. The van der Waals surface area contributed by atoms with Gasteiger partial charge in [-0.05, 0) is 119 Å². The Labute approximate surface area is 307 Å². The number of para-hydroxylation sites is 2. The van der Waals surface area contributed by atoms with E-state index in [0.717, 1.165) is 47.0 Å². The Balaban J connectivity index is 1.08. The minimum absolute atomic E-state index is 0.896. The van der Waals surface area contributed by atoms with E-state index in [2.05, 4.69) is 228 Å². The fraction of sp³-hybridized carbons (Fsp3) is 0.0400. The summed E-state index contributed by atoms with van der Waals surface area (Å²) in [6.45, 7) is 0. The second-order valence-electron chi connectivity index (χ2n) is 13.1. The first kappa shape index (κ1) is 32.6. The van der Waals surface area contributed by atoms with Crippen molar-refractivity contribution >= 4 is 34.1 Å². The van der Waals surface area contributed by atoms with Gasteiger partial charge in [0, 0.05) is 34.1 Å². The van der Waals surface area contributed by atoms with Crippen LogP contribution in [0.1, 0.15) is 22.3 Å². The molecule has 8 aromatic rings. The van der Waals surface area contributed by atoms with Gasteiger partial charge in [0.25, 0.3) is 0 Å². The molecular weight excluding hydrogens is 629 g/mol. The Morgan fingerprint density at radius 3 is 0.885 bits per heavy atom. The molecule has 2 nitrogen and oxygen atoms in total. The quantitative estimate of drug-likeness (QED) is 0.135. The molecule has 0 aliphatic heterocycles. The zero-order valence-electron chi connectivity index (χ0n) is 29.1. The van der Waals surface area contributed by atoms with Crippen molar-refractivity contribution in [1.29, 1.82) is 0 Å². The summed E-state index contributed by atoms with van der Waals surface area (Å²) < 4.78 is 0. The molecule has 0 heterocycles. The molecule has 0 fully saturated rings. The van der Waals surface area contributed by atoms with E-state index in [0.29, 0.717) is 0 Å². The SMILES string of the molecule is c1ccc(Cc2cccc(N(c3ccccc3)c3ccc(-c4ccc(N(c5ccccc5)c5cccc(Cc6ccccc6)c5)cc4)cc3)c2)cc1. The Bertz CT molecular complexity index is 2150. The van der Waals surface area contributed by atoms with Gasteiger partial charge in [0.1, 0.15) is 0 Å². The molecule has 0 saturated carbocycles. The van der Waals surface area contributed by atoms with Gasteiger partial charge >= 0.3 is 0 Å². The third-order valence-electron chi connectivity index (χ3n) is 9.45. The Hall–Kier alpha value is -6.64. The lowest BCUT2D eigenvalue weighted by molar-refractivity contribution is 1.18. The van der Waals surface area contributed by atoms with E-state index >= 15 is 0 Å². The standard InChI is InChI=1S/C50H40N2/c1-5-15-39(16-6-1)35-41-19-13-25-49(37-41)51(45-21-9-3-10-22-45)47-31-27-43(28-32-47)44-29-33-48(34-30-44)52(46-23-11-4-12-24-46)50-26-14-20-42(38-50)36-40-17-7-2-8-18-40/h1-34,37-38H,35-36H2. The zero-order chi connectivity index (χ0) is 35.0. The Morgan fingerprint density at radius 2 is 0.519 bits per heavy atom. The molecule has 0 spiro atoms. The highest BCUT2D eigenvalue weighted by molar-refractivity contribution is 5.81. The van der Waals surface area contributed by atoms with E-state index in [1.807, 2.05) is 0 Å². The number of nitrogens with zero attached hydrogens (tertiary/aromatic N) is 2. The highest BCUT2D eigenvalue weighted by Crippen LogP contribution is 2.38. The second-order valence-corrected chi connectivity index (χ2v) is 13.1. The molecule has 0 N–H and O–H groups in total. The third kappa shape index (κ3) is 7.57. The van der Waals surface area contributed by atoms with Gasteiger partial charge in [-0.1, -0.05) is 146 Å². The molecule has 0 aromatic heterocycles. The number of hydrogen-bond donors (Lipinski definition) is 0. The second kappa shape index (κ2) is 15.5. The molecule has 52 heavy (non-hydrogen) atoms. The van der Waals surface area contributed by atoms with Gasteiger partial charge in [0.2, 0.25) is 0 Å². The molecule has 0 amide bonds. The monoisotopic (exact) mass is 668 g/mol. The van der Waals surface area contributed by atoms with Crippen molar-refractivity contribution in [2.45, 2.75) is 12.8 Å². The van der Waals surface area contributed by atoms with E-state index in [1.54, 1.807) is 0 Å². The minimum Gasteiger partial charge on any atom is -0.310 e. The van der Waals surface area contributed by atoms with E-state index in [9.17, 15) is 0 Å². The van der Waals surface area contributed by atoms with Crippen LogP contribution < -0.4 is 9.80 Å². The molecule has 2 heteroatoms. The summed E-state index contributed by atoms with van der Waals surface area (Å²) in [6.07, 6.45) is 1.79. The highest BCUT2D eigenvalue weighted by atomic mass is 15.1. The van der Waals surface area contributed by atoms with Crippen LogP contribution in [-0.4, -0.2) is 0 Å². The van der Waals surface area contributed by atoms with Gasteiger partial charge < -0.3 is 9.80 Å².